The molecule has 0 N–H and O–H groups in total. The van der Waals surface area contributed by atoms with Crippen molar-refractivity contribution in [2.75, 3.05) is 0 Å². The highest BCUT2D eigenvalue weighted by Crippen LogP contribution is 2.09. The summed E-state index contributed by atoms with van der Waals surface area (Å²) in [6.45, 7) is 1.76. The van der Waals surface area contributed by atoms with Crippen molar-refractivity contribution in [3.63, 3.8) is 0 Å². The molecule has 0 atom stereocenters. The van der Waals surface area contributed by atoms with E-state index in [1.807, 2.05) is 18.2 Å². The molecule has 0 spiro atoms. The molecule has 0 saturated heterocycles. The summed E-state index contributed by atoms with van der Waals surface area (Å²) < 4.78 is 0. The Balaban J connectivity index is 2.64. The van der Waals surface area contributed by atoms with Gasteiger partial charge in [0.1, 0.15) is 0 Å². The van der Waals surface area contributed by atoms with Crippen LogP contribution in [-0.2, 0) is 4.79 Å². The van der Waals surface area contributed by atoms with Gasteiger partial charge < -0.3 is 0 Å². The molecule has 1 amide bonds. The molecule has 1 rings (SSSR count). The van der Waals surface area contributed by atoms with Crippen LogP contribution in [0.4, 0.5) is 5.69 Å². The number of carbonyl (C=O) groups is 1. The van der Waals surface area contributed by atoms with Gasteiger partial charge in [0.25, 0.3) is 5.91 Å². The van der Waals surface area contributed by atoms with E-state index < -0.39 is 0 Å². The largest absolute Gasteiger partial charge is 0.271 e. The molecule has 12 heavy (non-hydrogen) atoms. The minimum Gasteiger partial charge on any atom is -0.271 e. The fraction of sp³-hybridized carbons (Fsp3) is 0.222. The van der Waals surface area contributed by atoms with E-state index >= 15 is 0 Å². The van der Waals surface area contributed by atoms with E-state index in [4.69, 9.17) is 0 Å². The van der Waals surface area contributed by atoms with Gasteiger partial charge in [-0.3, -0.25) is 4.79 Å². The minimum atomic E-state index is -0.196. The smallest absolute Gasteiger partial charge is 0.264 e. The average molecular weight is 162 g/mol. The van der Waals surface area contributed by atoms with Crippen molar-refractivity contribution in [2.45, 2.75) is 13.3 Å². The SMILES string of the molecule is CCC(=O)N=Nc1ccccc1. The van der Waals surface area contributed by atoms with Gasteiger partial charge in [0.05, 0.1) is 5.69 Å². The molecule has 3 heteroatoms. The van der Waals surface area contributed by atoms with Crippen molar-refractivity contribution in [2.24, 2.45) is 10.2 Å². The maximum atomic E-state index is 10.7. The van der Waals surface area contributed by atoms with Gasteiger partial charge in [-0.2, -0.15) is 0 Å². The van der Waals surface area contributed by atoms with Gasteiger partial charge in [0.15, 0.2) is 0 Å². The zero-order valence-corrected chi connectivity index (χ0v) is 6.90. The quantitative estimate of drug-likeness (QED) is 0.616. The van der Waals surface area contributed by atoms with E-state index in [9.17, 15) is 4.79 Å². The number of hydrogen-bond donors (Lipinski definition) is 0. The van der Waals surface area contributed by atoms with Crippen molar-refractivity contribution >= 4 is 11.6 Å². The van der Waals surface area contributed by atoms with E-state index in [1.165, 1.54) is 0 Å². The van der Waals surface area contributed by atoms with Gasteiger partial charge in [0, 0.05) is 6.42 Å². The predicted octanol–water partition coefficient (Wildman–Crippen LogP) is 2.71. The van der Waals surface area contributed by atoms with Gasteiger partial charge in [-0.1, -0.05) is 25.1 Å². The van der Waals surface area contributed by atoms with E-state index in [1.54, 1.807) is 19.1 Å². The van der Waals surface area contributed by atoms with Crippen LogP contribution in [0.15, 0.2) is 40.6 Å². The first-order valence-corrected chi connectivity index (χ1v) is 3.82. The molecule has 1 aromatic carbocycles. The second kappa shape index (κ2) is 4.38. The molecule has 0 unspecified atom stereocenters. The summed E-state index contributed by atoms with van der Waals surface area (Å²) in [5, 5.41) is 7.25. The summed E-state index contributed by atoms with van der Waals surface area (Å²) in [6.07, 6.45) is 0.399. The second-order valence-electron chi connectivity index (χ2n) is 2.28. The molecule has 0 aromatic heterocycles. The maximum Gasteiger partial charge on any atom is 0.264 e. The number of hydrogen-bond acceptors (Lipinski definition) is 2. The van der Waals surface area contributed by atoms with E-state index in [0.717, 1.165) is 0 Å². The van der Waals surface area contributed by atoms with Crippen LogP contribution < -0.4 is 0 Å². The molecule has 0 bridgehead atoms. The monoisotopic (exact) mass is 162 g/mol. The second-order valence-corrected chi connectivity index (χ2v) is 2.28. The summed E-state index contributed by atoms with van der Waals surface area (Å²) in [6, 6.07) is 9.19. The summed E-state index contributed by atoms with van der Waals surface area (Å²) in [5.41, 5.74) is 0.708. The van der Waals surface area contributed by atoms with Gasteiger partial charge in [0.2, 0.25) is 0 Å². The standard InChI is InChI=1S/C9H10N2O/c1-2-9(12)11-10-8-6-4-3-5-7-8/h3-7H,2H2,1H3. The van der Waals surface area contributed by atoms with Crippen LogP contribution in [0, 0.1) is 0 Å². The molecular formula is C9H10N2O. The molecule has 0 aliphatic carbocycles. The highest BCUT2D eigenvalue weighted by atomic mass is 16.1. The predicted molar refractivity (Wildman–Crippen MR) is 46.3 cm³/mol. The van der Waals surface area contributed by atoms with Gasteiger partial charge >= 0.3 is 0 Å². The molecule has 0 aliphatic heterocycles. The number of amides is 1. The third-order valence-electron chi connectivity index (χ3n) is 1.34. The van der Waals surface area contributed by atoms with Gasteiger partial charge in [-0.05, 0) is 12.1 Å². The van der Waals surface area contributed by atoms with Crippen LogP contribution >= 0.6 is 0 Å². The molecule has 0 fully saturated rings. The summed E-state index contributed by atoms with van der Waals surface area (Å²) in [7, 11) is 0. The number of nitrogens with zero attached hydrogens (tertiary/aromatic N) is 2. The van der Waals surface area contributed by atoms with Crippen LogP contribution in [0.1, 0.15) is 13.3 Å². The zero-order valence-electron chi connectivity index (χ0n) is 6.90. The lowest BCUT2D eigenvalue weighted by atomic mass is 10.3. The number of carbonyl (C=O) groups excluding carboxylic acids is 1. The Morgan fingerprint density at radius 2 is 2.00 bits per heavy atom. The Bertz CT molecular complexity index is 280. The number of benzene rings is 1. The van der Waals surface area contributed by atoms with Crippen LogP contribution in [-0.4, -0.2) is 5.91 Å². The van der Waals surface area contributed by atoms with Crippen LogP contribution in [0.25, 0.3) is 0 Å². The molecule has 3 nitrogen and oxygen atoms in total. The number of rotatable bonds is 2. The third kappa shape index (κ3) is 2.62. The highest BCUT2D eigenvalue weighted by molar-refractivity contribution is 5.76. The average Bonchev–Trinajstić information content (AvgIpc) is 2.16. The summed E-state index contributed by atoms with van der Waals surface area (Å²) in [4.78, 5) is 10.7. The topological polar surface area (TPSA) is 41.8 Å². The highest BCUT2D eigenvalue weighted by Gasteiger charge is 1.91. The number of azo groups is 1. The van der Waals surface area contributed by atoms with Crippen molar-refractivity contribution in [3.05, 3.63) is 30.3 Å². The first kappa shape index (κ1) is 8.59. The zero-order chi connectivity index (χ0) is 8.81. The normalized spacial score (nSPS) is 10.4. The lowest BCUT2D eigenvalue weighted by Gasteiger charge is -1.88. The van der Waals surface area contributed by atoms with Crippen LogP contribution in [0.5, 0.6) is 0 Å². The summed E-state index contributed by atoms with van der Waals surface area (Å²) >= 11 is 0. The Morgan fingerprint density at radius 3 is 2.58 bits per heavy atom. The first-order chi connectivity index (χ1) is 5.83. The van der Waals surface area contributed by atoms with E-state index in [2.05, 4.69) is 10.2 Å². The molecule has 0 saturated carbocycles. The lowest BCUT2D eigenvalue weighted by molar-refractivity contribution is -0.117. The van der Waals surface area contributed by atoms with Crippen LogP contribution in [0.3, 0.4) is 0 Å². The molecule has 1 aromatic rings. The maximum absolute atomic E-state index is 10.7. The lowest BCUT2D eigenvalue weighted by Crippen LogP contribution is -1.85. The van der Waals surface area contributed by atoms with Crippen molar-refractivity contribution in [1.82, 2.24) is 0 Å². The molecule has 0 heterocycles. The Hall–Kier alpha value is -1.51. The molecule has 62 valence electrons. The van der Waals surface area contributed by atoms with Crippen molar-refractivity contribution in [3.8, 4) is 0 Å². The van der Waals surface area contributed by atoms with Gasteiger partial charge in [-0.25, -0.2) is 0 Å². The minimum absolute atomic E-state index is 0.196. The molecule has 0 radical (unpaired) electrons. The molecular weight excluding hydrogens is 152 g/mol. The summed E-state index contributed by atoms with van der Waals surface area (Å²) in [5.74, 6) is -0.196. The van der Waals surface area contributed by atoms with E-state index in [-0.39, 0.29) is 5.91 Å². The van der Waals surface area contributed by atoms with Crippen LogP contribution in [0.2, 0.25) is 0 Å². The third-order valence-corrected chi connectivity index (χ3v) is 1.34. The molecule has 0 aliphatic rings. The van der Waals surface area contributed by atoms with E-state index in [0.29, 0.717) is 12.1 Å². The Morgan fingerprint density at radius 1 is 1.33 bits per heavy atom. The Labute approximate surface area is 71.1 Å². The Kier molecular flexibility index (Phi) is 3.14. The van der Waals surface area contributed by atoms with Gasteiger partial charge in [-0.15, -0.1) is 10.2 Å². The fourth-order valence-electron chi connectivity index (χ4n) is 0.679. The fourth-order valence-corrected chi connectivity index (χ4v) is 0.679. The first-order valence-electron chi connectivity index (χ1n) is 3.82. The van der Waals surface area contributed by atoms with Crippen molar-refractivity contribution in [1.29, 1.82) is 0 Å². The van der Waals surface area contributed by atoms with Crippen molar-refractivity contribution < 1.29 is 4.79 Å².